The predicted octanol–water partition coefficient (Wildman–Crippen LogP) is 1.58. The maximum Gasteiger partial charge on any atom is 0.407 e. The number of alkyl carbamates (subject to hydrolysis) is 1. The molecule has 3 rings (SSSR count). The predicted molar refractivity (Wildman–Crippen MR) is 125 cm³/mol. The zero-order chi connectivity index (χ0) is 25.5. The van der Waals surface area contributed by atoms with Crippen LogP contribution >= 0.6 is 0 Å². The largest absolute Gasteiger partial charge is 0.508 e. The van der Waals surface area contributed by atoms with Gasteiger partial charge in [-0.25, -0.2) is 10.3 Å². The molecular weight excluding hydrogens is 454 g/mol. The molecule has 0 aromatic heterocycles. The van der Waals surface area contributed by atoms with E-state index < -0.39 is 42.0 Å². The van der Waals surface area contributed by atoms with Crippen molar-refractivity contribution >= 4 is 17.9 Å². The highest BCUT2D eigenvalue weighted by atomic mass is 16.5. The minimum atomic E-state index is -1.50. The summed E-state index contributed by atoms with van der Waals surface area (Å²) in [6.45, 7) is 3.77. The van der Waals surface area contributed by atoms with Crippen LogP contribution in [0.4, 0.5) is 4.79 Å². The number of carbonyl (C=O) groups excluding carboxylic acids is 3. The lowest BCUT2D eigenvalue weighted by Crippen LogP contribution is -2.55. The van der Waals surface area contributed by atoms with Crippen LogP contribution in [0.3, 0.4) is 0 Å². The normalized spacial score (nSPS) is 18.3. The van der Waals surface area contributed by atoms with Gasteiger partial charge in [0.05, 0.1) is 24.7 Å². The molecule has 0 unspecified atom stereocenters. The Hall–Kier alpha value is -3.63. The smallest absolute Gasteiger partial charge is 0.407 e. The maximum absolute atomic E-state index is 13.5. The summed E-state index contributed by atoms with van der Waals surface area (Å²) >= 11 is 0. The summed E-state index contributed by atoms with van der Waals surface area (Å²) < 4.78 is 5.10. The van der Waals surface area contributed by atoms with E-state index in [1.54, 1.807) is 24.3 Å². The number of benzene rings is 2. The molecule has 3 amide bonds. The Labute approximate surface area is 203 Å². The summed E-state index contributed by atoms with van der Waals surface area (Å²) in [5.74, 6) is -2.85. The number of hydrogen-bond acceptors (Lipinski definition) is 7. The van der Waals surface area contributed by atoms with Crippen molar-refractivity contribution in [3.63, 3.8) is 0 Å². The van der Waals surface area contributed by atoms with Crippen LogP contribution in [0.25, 0.3) is 0 Å². The molecule has 2 aromatic carbocycles. The monoisotopic (exact) mass is 485 g/mol. The first kappa shape index (κ1) is 26.0. The Morgan fingerprint density at radius 2 is 1.83 bits per heavy atom. The van der Waals surface area contributed by atoms with E-state index in [1.807, 2.05) is 26.0 Å². The standard InChI is InChI=1S/C25H31N3O7/c1-14(2)13-35-25(33)27-22(24(32)28-34)19(11-15-6-5-8-17(29)10-15)23(31)26-21-18-9-4-3-7-16(18)12-20(21)30/h3-10,14,19-22,29-30,34H,11-13H2,1-2H3,(H,26,31)(H,27,33)(H,28,32)/t19-,20-,21+,22+/m1/s1. The number of nitrogens with one attached hydrogen (secondary N) is 3. The van der Waals surface area contributed by atoms with Crippen molar-refractivity contribution in [2.75, 3.05) is 6.61 Å². The van der Waals surface area contributed by atoms with Crippen LogP contribution in [-0.4, -0.2) is 52.1 Å². The molecule has 0 saturated heterocycles. The van der Waals surface area contributed by atoms with Crippen molar-refractivity contribution in [3.05, 3.63) is 65.2 Å². The minimum absolute atomic E-state index is 0.0331. The molecule has 0 saturated carbocycles. The Morgan fingerprint density at radius 3 is 2.51 bits per heavy atom. The van der Waals surface area contributed by atoms with Gasteiger partial charge in [-0.2, -0.15) is 0 Å². The highest BCUT2D eigenvalue weighted by molar-refractivity contribution is 5.92. The van der Waals surface area contributed by atoms with E-state index in [0.717, 1.165) is 11.1 Å². The van der Waals surface area contributed by atoms with Crippen molar-refractivity contribution in [2.24, 2.45) is 11.8 Å². The van der Waals surface area contributed by atoms with Gasteiger partial charge in [0, 0.05) is 6.42 Å². The number of hydrogen-bond donors (Lipinski definition) is 6. The van der Waals surface area contributed by atoms with Gasteiger partial charge in [0.2, 0.25) is 5.91 Å². The average Bonchev–Trinajstić information content (AvgIpc) is 3.14. The van der Waals surface area contributed by atoms with Gasteiger partial charge in [-0.05, 0) is 41.2 Å². The van der Waals surface area contributed by atoms with Gasteiger partial charge in [-0.3, -0.25) is 14.8 Å². The molecule has 0 bridgehead atoms. The highest BCUT2D eigenvalue weighted by Gasteiger charge is 2.39. The SMILES string of the molecule is CC(C)COC(=O)N[C@H](C(=O)NO)[C@@H](Cc1cccc(O)c1)C(=O)N[C@H]1c2ccccc2C[C@H]1O. The second kappa shape index (κ2) is 11.7. The Morgan fingerprint density at radius 1 is 1.09 bits per heavy atom. The Bertz CT molecular complexity index is 1060. The molecule has 0 aliphatic heterocycles. The summed E-state index contributed by atoms with van der Waals surface area (Å²) in [6.07, 6.45) is -1.49. The molecule has 35 heavy (non-hydrogen) atoms. The molecule has 4 atom stereocenters. The number of aliphatic hydroxyl groups excluding tert-OH is 1. The minimum Gasteiger partial charge on any atom is -0.508 e. The molecule has 10 nitrogen and oxygen atoms in total. The van der Waals surface area contributed by atoms with E-state index >= 15 is 0 Å². The first-order valence-electron chi connectivity index (χ1n) is 11.4. The first-order chi connectivity index (χ1) is 16.7. The van der Waals surface area contributed by atoms with E-state index in [2.05, 4.69) is 10.6 Å². The molecule has 6 N–H and O–H groups in total. The zero-order valence-corrected chi connectivity index (χ0v) is 19.6. The van der Waals surface area contributed by atoms with E-state index in [1.165, 1.54) is 17.6 Å². The summed E-state index contributed by atoms with van der Waals surface area (Å²) in [6, 6.07) is 11.2. The molecule has 0 fully saturated rings. The van der Waals surface area contributed by atoms with Crippen LogP contribution < -0.4 is 16.1 Å². The zero-order valence-electron chi connectivity index (χ0n) is 19.6. The van der Waals surface area contributed by atoms with Gasteiger partial charge in [0.15, 0.2) is 0 Å². The highest BCUT2D eigenvalue weighted by Crippen LogP contribution is 2.32. The number of hydroxylamine groups is 1. The van der Waals surface area contributed by atoms with Crippen molar-refractivity contribution < 1.29 is 34.5 Å². The van der Waals surface area contributed by atoms with Crippen LogP contribution in [0.15, 0.2) is 48.5 Å². The molecule has 1 aliphatic carbocycles. The van der Waals surface area contributed by atoms with Crippen molar-refractivity contribution in [1.82, 2.24) is 16.1 Å². The Kier molecular flexibility index (Phi) is 8.67. The number of phenolic OH excluding ortho intramolecular Hbond substituents is 1. The number of fused-ring (bicyclic) bond motifs is 1. The maximum atomic E-state index is 13.5. The number of phenols is 1. The lowest BCUT2D eigenvalue weighted by atomic mass is 9.90. The summed E-state index contributed by atoms with van der Waals surface area (Å²) in [4.78, 5) is 38.5. The third-order valence-electron chi connectivity index (χ3n) is 5.82. The van der Waals surface area contributed by atoms with E-state index in [0.29, 0.717) is 12.0 Å². The molecule has 0 radical (unpaired) electrons. The van der Waals surface area contributed by atoms with Crippen molar-refractivity contribution in [1.29, 1.82) is 0 Å². The fourth-order valence-electron chi connectivity index (χ4n) is 4.14. The Balaban J connectivity index is 1.89. The lowest BCUT2D eigenvalue weighted by molar-refractivity contribution is -0.138. The average molecular weight is 486 g/mol. The number of aromatic hydroxyl groups is 1. The van der Waals surface area contributed by atoms with Crippen molar-refractivity contribution in [2.45, 2.75) is 44.9 Å². The van der Waals surface area contributed by atoms with E-state index in [9.17, 15) is 29.8 Å². The van der Waals surface area contributed by atoms with E-state index in [-0.39, 0.29) is 24.7 Å². The van der Waals surface area contributed by atoms with Crippen LogP contribution in [0, 0.1) is 11.8 Å². The third kappa shape index (κ3) is 6.71. The topological polar surface area (TPSA) is 157 Å². The summed E-state index contributed by atoms with van der Waals surface area (Å²) in [7, 11) is 0. The molecule has 0 heterocycles. The summed E-state index contributed by atoms with van der Waals surface area (Å²) in [5.41, 5.74) is 3.68. The second-order valence-corrected chi connectivity index (χ2v) is 9.03. The quantitative estimate of drug-likeness (QED) is 0.232. The fraction of sp³-hybridized carbons (Fsp3) is 0.400. The first-order valence-corrected chi connectivity index (χ1v) is 11.4. The number of ether oxygens (including phenoxy) is 1. The van der Waals surface area contributed by atoms with Gasteiger partial charge in [-0.15, -0.1) is 0 Å². The number of carbonyl (C=O) groups is 3. The van der Waals surface area contributed by atoms with E-state index in [4.69, 9.17) is 4.74 Å². The van der Waals surface area contributed by atoms with Gasteiger partial charge >= 0.3 is 6.09 Å². The molecule has 10 heteroatoms. The lowest BCUT2D eigenvalue weighted by Gasteiger charge is -2.28. The van der Waals surface area contributed by atoms with Crippen molar-refractivity contribution in [3.8, 4) is 5.75 Å². The van der Waals surface area contributed by atoms with Gasteiger partial charge in [-0.1, -0.05) is 50.2 Å². The third-order valence-corrected chi connectivity index (χ3v) is 5.82. The van der Waals surface area contributed by atoms with Gasteiger partial charge < -0.3 is 25.6 Å². The van der Waals surface area contributed by atoms with Crippen LogP contribution in [-0.2, 0) is 27.2 Å². The van der Waals surface area contributed by atoms with Gasteiger partial charge in [0.1, 0.15) is 11.8 Å². The number of rotatable bonds is 9. The van der Waals surface area contributed by atoms with Gasteiger partial charge in [0.25, 0.3) is 5.91 Å². The fourth-order valence-corrected chi connectivity index (χ4v) is 4.14. The second-order valence-electron chi connectivity index (χ2n) is 9.03. The number of amides is 3. The molecule has 1 aliphatic rings. The van der Waals surface area contributed by atoms with Crippen LogP contribution in [0.2, 0.25) is 0 Å². The molecule has 188 valence electrons. The van der Waals surface area contributed by atoms with Crippen LogP contribution in [0.1, 0.15) is 36.6 Å². The molecular formula is C25H31N3O7. The number of aliphatic hydroxyl groups is 1. The molecule has 0 spiro atoms. The summed E-state index contributed by atoms with van der Waals surface area (Å²) in [5, 5.41) is 34.9. The van der Waals surface area contributed by atoms with Crippen LogP contribution in [0.5, 0.6) is 5.75 Å². The molecule has 2 aromatic rings.